The average Bonchev–Trinajstić information content (AvgIpc) is 3.03. The zero-order valence-corrected chi connectivity index (χ0v) is 14.9. The van der Waals surface area contributed by atoms with E-state index in [1.165, 1.54) is 22.1 Å². The summed E-state index contributed by atoms with van der Waals surface area (Å²) < 4.78 is 0. The van der Waals surface area contributed by atoms with E-state index >= 15 is 0 Å². The number of fused-ring (bicyclic) bond motifs is 1. The molecule has 0 unspecified atom stereocenters. The van der Waals surface area contributed by atoms with Gasteiger partial charge in [0, 0.05) is 17.8 Å². The summed E-state index contributed by atoms with van der Waals surface area (Å²) in [6, 6.07) is 13.1. The van der Waals surface area contributed by atoms with Crippen molar-refractivity contribution in [1.29, 1.82) is 0 Å². The van der Waals surface area contributed by atoms with Gasteiger partial charge in [-0.05, 0) is 47.1 Å². The van der Waals surface area contributed by atoms with E-state index in [2.05, 4.69) is 74.9 Å². The third kappa shape index (κ3) is 4.69. The quantitative estimate of drug-likeness (QED) is 0.626. The Morgan fingerprint density at radius 1 is 0.913 bits per heavy atom. The lowest BCUT2D eigenvalue weighted by Crippen LogP contribution is -1.88. The maximum Gasteiger partial charge on any atom is 0.137 e. The van der Waals surface area contributed by atoms with Crippen LogP contribution in [-0.4, -0.2) is 9.97 Å². The molecule has 0 radical (unpaired) electrons. The average molecular weight is 308 g/mol. The van der Waals surface area contributed by atoms with Gasteiger partial charge in [0.15, 0.2) is 0 Å². The molecule has 0 fully saturated rings. The molecule has 0 aliphatic carbocycles. The minimum atomic E-state index is 0.553. The summed E-state index contributed by atoms with van der Waals surface area (Å²) >= 11 is 0. The van der Waals surface area contributed by atoms with Crippen LogP contribution in [0.25, 0.3) is 11.0 Å². The standard InChI is InChI=1S/C11H16.C10H12N2/c1-4-10-5-7-11(8-6-10)9(2)3;1-7(2)9-5-8-3-4-11-10(8)12-6-9/h5-9H,4H2,1-3H3;3-7H,1-2H3,(H,11,12). The Morgan fingerprint density at radius 3 is 2.13 bits per heavy atom. The van der Waals surface area contributed by atoms with E-state index in [9.17, 15) is 0 Å². The largest absolute Gasteiger partial charge is 0.346 e. The molecule has 2 aromatic heterocycles. The molecule has 0 aliphatic heterocycles. The number of nitrogens with zero attached hydrogens (tertiary/aromatic N) is 1. The zero-order valence-electron chi connectivity index (χ0n) is 14.9. The molecular weight excluding hydrogens is 280 g/mol. The number of H-pyrrole nitrogens is 1. The number of rotatable bonds is 3. The molecule has 1 aromatic carbocycles. The van der Waals surface area contributed by atoms with Gasteiger partial charge in [0.1, 0.15) is 5.65 Å². The van der Waals surface area contributed by atoms with E-state index < -0.39 is 0 Å². The molecular formula is C21H28N2. The normalized spacial score (nSPS) is 10.9. The predicted molar refractivity (Wildman–Crippen MR) is 100 cm³/mol. The van der Waals surface area contributed by atoms with Gasteiger partial charge in [0.2, 0.25) is 0 Å². The molecule has 0 saturated carbocycles. The van der Waals surface area contributed by atoms with Crippen LogP contribution in [0.2, 0.25) is 0 Å². The molecule has 3 rings (SSSR count). The molecule has 0 bridgehead atoms. The fourth-order valence-corrected chi connectivity index (χ4v) is 2.41. The van der Waals surface area contributed by atoms with Crippen LogP contribution in [0, 0.1) is 0 Å². The summed E-state index contributed by atoms with van der Waals surface area (Å²) in [6.45, 7) is 11.0. The van der Waals surface area contributed by atoms with E-state index in [0.717, 1.165) is 12.1 Å². The van der Waals surface area contributed by atoms with Crippen molar-refractivity contribution in [3.05, 3.63) is 65.5 Å². The van der Waals surface area contributed by atoms with Crippen molar-refractivity contribution in [2.75, 3.05) is 0 Å². The van der Waals surface area contributed by atoms with Crippen molar-refractivity contribution < 1.29 is 0 Å². The number of benzene rings is 1. The van der Waals surface area contributed by atoms with Crippen LogP contribution in [0.3, 0.4) is 0 Å². The molecule has 23 heavy (non-hydrogen) atoms. The fraction of sp³-hybridized carbons (Fsp3) is 0.381. The van der Waals surface area contributed by atoms with E-state index in [1.807, 2.05) is 18.5 Å². The number of nitrogens with one attached hydrogen (secondary N) is 1. The highest BCUT2D eigenvalue weighted by Crippen LogP contribution is 2.17. The second-order valence-electron chi connectivity index (χ2n) is 6.59. The van der Waals surface area contributed by atoms with Crippen LogP contribution in [0.1, 0.15) is 63.1 Å². The van der Waals surface area contributed by atoms with Crippen molar-refractivity contribution in [1.82, 2.24) is 9.97 Å². The summed E-state index contributed by atoms with van der Waals surface area (Å²) in [5.41, 5.74) is 5.12. The molecule has 0 atom stereocenters. The van der Waals surface area contributed by atoms with Crippen molar-refractivity contribution in [3.8, 4) is 0 Å². The number of aromatic amines is 1. The second kappa shape index (κ2) is 7.96. The topological polar surface area (TPSA) is 28.7 Å². The summed E-state index contributed by atoms with van der Waals surface area (Å²) in [4.78, 5) is 7.38. The van der Waals surface area contributed by atoms with Crippen molar-refractivity contribution in [2.24, 2.45) is 0 Å². The molecule has 3 aromatic rings. The van der Waals surface area contributed by atoms with Crippen molar-refractivity contribution >= 4 is 11.0 Å². The van der Waals surface area contributed by atoms with Gasteiger partial charge in [0.05, 0.1) is 0 Å². The summed E-state index contributed by atoms with van der Waals surface area (Å²) in [6.07, 6.45) is 4.99. The Labute approximate surface area is 140 Å². The monoisotopic (exact) mass is 308 g/mol. The van der Waals surface area contributed by atoms with Gasteiger partial charge in [-0.2, -0.15) is 0 Å². The number of aryl methyl sites for hydroxylation is 1. The van der Waals surface area contributed by atoms with Gasteiger partial charge in [0.25, 0.3) is 0 Å². The minimum Gasteiger partial charge on any atom is -0.346 e. The lowest BCUT2D eigenvalue weighted by Gasteiger charge is -2.04. The first kappa shape index (κ1) is 17.3. The molecule has 122 valence electrons. The molecule has 2 nitrogen and oxygen atoms in total. The minimum absolute atomic E-state index is 0.553. The third-order valence-electron chi connectivity index (χ3n) is 4.14. The molecule has 0 saturated heterocycles. The number of hydrogen-bond donors (Lipinski definition) is 1. The van der Waals surface area contributed by atoms with Crippen molar-refractivity contribution in [3.63, 3.8) is 0 Å². The number of aromatic nitrogens is 2. The summed E-state index contributed by atoms with van der Waals surface area (Å²) in [7, 11) is 0. The van der Waals surface area contributed by atoms with E-state index in [0.29, 0.717) is 11.8 Å². The predicted octanol–water partition coefficient (Wildman–Crippen LogP) is 6.06. The van der Waals surface area contributed by atoms with Crippen LogP contribution in [-0.2, 0) is 6.42 Å². The second-order valence-corrected chi connectivity index (χ2v) is 6.59. The first-order valence-corrected chi connectivity index (χ1v) is 8.53. The van der Waals surface area contributed by atoms with Gasteiger partial charge in [-0.1, -0.05) is 58.9 Å². The fourth-order valence-electron chi connectivity index (χ4n) is 2.41. The van der Waals surface area contributed by atoms with Crippen LogP contribution in [0.4, 0.5) is 0 Å². The first-order valence-electron chi connectivity index (χ1n) is 8.53. The molecule has 2 heterocycles. The van der Waals surface area contributed by atoms with Crippen LogP contribution in [0.5, 0.6) is 0 Å². The Morgan fingerprint density at radius 2 is 1.57 bits per heavy atom. The van der Waals surface area contributed by atoms with Crippen LogP contribution < -0.4 is 0 Å². The molecule has 0 amide bonds. The highest BCUT2D eigenvalue weighted by molar-refractivity contribution is 5.75. The summed E-state index contributed by atoms with van der Waals surface area (Å²) in [5.74, 6) is 1.21. The lowest BCUT2D eigenvalue weighted by atomic mass is 10.0. The number of pyridine rings is 1. The summed E-state index contributed by atoms with van der Waals surface area (Å²) in [5, 5.41) is 1.20. The van der Waals surface area contributed by atoms with E-state index in [-0.39, 0.29) is 0 Å². The molecule has 0 aliphatic rings. The Hall–Kier alpha value is -2.09. The van der Waals surface area contributed by atoms with Gasteiger partial charge in [-0.3, -0.25) is 0 Å². The Kier molecular flexibility index (Phi) is 5.97. The Bertz CT molecular complexity index is 721. The van der Waals surface area contributed by atoms with E-state index in [4.69, 9.17) is 0 Å². The van der Waals surface area contributed by atoms with Crippen LogP contribution in [0.15, 0.2) is 48.8 Å². The van der Waals surface area contributed by atoms with E-state index in [1.54, 1.807) is 0 Å². The van der Waals surface area contributed by atoms with Crippen LogP contribution >= 0.6 is 0 Å². The number of hydrogen-bond acceptors (Lipinski definition) is 1. The SMILES string of the molecule is CC(C)c1cnc2[nH]ccc2c1.CCc1ccc(C(C)C)cc1. The highest BCUT2D eigenvalue weighted by Gasteiger charge is 2.01. The molecule has 0 spiro atoms. The van der Waals surface area contributed by atoms with Gasteiger partial charge < -0.3 is 4.98 Å². The van der Waals surface area contributed by atoms with Gasteiger partial charge in [-0.15, -0.1) is 0 Å². The van der Waals surface area contributed by atoms with Crippen molar-refractivity contribution in [2.45, 2.75) is 52.9 Å². The first-order chi connectivity index (χ1) is 11.0. The smallest absolute Gasteiger partial charge is 0.137 e. The molecule has 2 heteroatoms. The van der Waals surface area contributed by atoms with Gasteiger partial charge >= 0.3 is 0 Å². The zero-order chi connectivity index (χ0) is 16.8. The maximum absolute atomic E-state index is 4.31. The third-order valence-corrected chi connectivity index (χ3v) is 4.14. The maximum atomic E-state index is 4.31. The highest BCUT2D eigenvalue weighted by atomic mass is 14.8. The molecule has 1 N–H and O–H groups in total. The lowest BCUT2D eigenvalue weighted by molar-refractivity contribution is 0.862. The Balaban J connectivity index is 0.000000168. The van der Waals surface area contributed by atoms with Gasteiger partial charge in [-0.25, -0.2) is 4.98 Å².